The lowest BCUT2D eigenvalue weighted by Gasteiger charge is -2.27. The third-order valence-corrected chi connectivity index (χ3v) is 4.75. The van der Waals surface area contributed by atoms with Gasteiger partial charge in [-0.15, -0.1) is 12.4 Å². The van der Waals surface area contributed by atoms with Crippen LogP contribution in [0.3, 0.4) is 0 Å². The maximum Gasteiger partial charge on any atom is 0.329 e. The summed E-state index contributed by atoms with van der Waals surface area (Å²) in [5.74, 6) is -1.44. The maximum atomic E-state index is 13.0. The number of piperazine rings is 1. The minimum atomic E-state index is -0.923. The van der Waals surface area contributed by atoms with E-state index in [1.54, 1.807) is 25.7 Å². The van der Waals surface area contributed by atoms with Crippen LogP contribution in [-0.2, 0) is 16.0 Å². The average Bonchev–Trinajstić information content (AvgIpc) is 3.23. The number of hydrogen-bond acceptors (Lipinski definition) is 6. The van der Waals surface area contributed by atoms with E-state index >= 15 is 0 Å². The molecule has 1 aromatic heterocycles. The summed E-state index contributed by atoms with van der Waals surface area (Å²) in [7, 11) is 0. The van der Waals surface area contributed by atoms with E-state index in [0.29, 0.717) is 26.2 Å². The number of amides is 2. The zero-order valence-corrected chi connectivity index (χ0v) is 19.3. The SMILES string of the molecule is CC(C)(C)OC(=O)[C@H](Cc1ccccc1)NC(=O)c1nc[nH]c1C(=O)N1CCNCC1.Cl. The molecular formula is C22H30ClN5O4. The Hall–Kier alpha value is -2.91. The van der Waals surface area contributed by atoms with Crippen molar-refractivity contribution in [2.45, 2.75) is 38.8 Å². The van der Waals surface area contributed by atoms with Crippen molar-refractivity contribution in [3.05, 3.63) is 53.6 Å². The predicted molar refractivity (Wildman–Crippen MR) is 122 cm³/mol. The quantitative estimate of drug-likeness (QED) is 0.560. The van der Waals surface area contributed by atoms with Crippen LogP contribution in [0.15, 0.2) is 36.7 Å². The van der Waals surface area contributed by atoms with Crippen LogP contribution in [0.4, 0.5) is 0 Å². The van der Waals surface area contributed by atoms with Crippen molar-refractivity contribution < 1.29 is 19.1 Å². The number of carbonyl (C=O) groups is 3. The molecule has 174 valence electrons. The van der Waals surface area contributed by atoms with Crippen LogP contribution >= 0.6 is 12.4 Å². The van der Waals surface area contributed by atoms with Gasteiger partial charge in [0.2, 0.25) is 0 Å². The van der Waals surface area contributed by atoms with Gasteiger partial charge in [-0.1, -0.05) is 30.3 Å². The first-order valence-corrected chi connectivity index (χ1v) is 10.4. The third kappa shape index (κ3) is 6.80. The predicted octanol–water partition coefficient (Wildman–Crippen LogP) is 1.56. The summed E-state index contributed by atoms with van der Waals surface area (Å²) in [5.41, 5.74) is 0.247. The Balaban J connectivity index is 0.00000363. The molecule has 2 heterocycles. The first-order valence-electron chi connectivity index (χ1n) is 10.4. The third-order valence-electron chi connectivity index (χ3n) is 4.75. The number of nitrogens with one attached hydrogen (secondary N) is 3. The molecule has 1 aromatic carbocycles. The van der Waals surface area contributed by atoms with Gasteiger partial charge in [0.1, 0.15) is 17.3 Å². The highest BCUT2D eigenvalue weighted by Gasteiger charge is 2.31. The van der Waals surface area contributed by atoms with Gasteiger partial charge in [-0.25, -0.2) is 9.78 Å². The van der Waals surface area contributed by atoms with Gasteiger partial charge < -0.3 is 25.3 Å². The molecule has 1 aliphatic rings. The van der Waals surface area contributed by atoms with Crippen molar-refractivity contribution in [2.75, 3.05) is 26.2 Å². The summed E-state index contributed by atoms with van der Waals surface area (Å²) in [6.45, 7) is 7.79. The van der Waals surface area contributed by atoms with E-state index in [2.05, 4.69) is 20.6 Å². The number of benzene rings is 1. The smallest absolute Gasteiger partial charge is 0.329 e. The van der Waals surface area contributed by atoms with E-state index in [1.807, 2.05) is 30.3 Å². The molecule has 3 rings (SSSR count). The standard InChI is InChI=1S/C22H29N5O4.ClH/c1-22(2,3)31-21(30)16(13-15-7-5-4-6-8-15)26-19(28)17-18(25-14-24-17)20(29)27-11-9-23-10-12-27;/h4-8,14,16,23H,9-13H2,1-3H3,(H,24,25)(H,26,28);1H/t16-;/m0./s1. The number of halogens is 1. The Morgan fingerprint density at radius 2 is 1.81 bits per heavy atom. The maximum absolute atomic E-state index is 13.0. The first kappa shape index (κ1) is 25.4. The fraction of sp³-hybridized carbons (Fsp3) is 0.455. The first-order chi connectivity index (χ1) is 14.7. The van der Waals surface area contributed by atoms with Crippen molar-refractivity contribution in [1.29, 1.82) is 0 Å². The molecule has 0 radical (unpaired) electrons. The van der Waals surface area contributed by atoms with E-state index in [1.165, 1.54) is 6.33 Å². The molecule has 1 aliphatic heterocycles. The van der Waals surface area contributed by atoms with E-state index in [0.717, 1.165) is 5.56 Å². The highest BCUT2D eigenvalue weighted by atomic mass is 35.5. The lowest BCUT2D eigenvalue weighted by Crippen LogP contribution is -2.48. The van der Waals surface area contributed by atoms with Crippen LogP contribution < -0.4 is 10.6 Å². The normalized spacial score (nSPS) is 14.8. The van der Waals surface area contributed by atoms with Gasteiger partial charge in [-0.2, -0.15) is 0 Å². The Labute approximate surface area is 193 Å². The molecule has 0 saturated carbocycles. The molecule has 0 aliphatic carbocycles. The summed E-state index contributed by atoms with van der Waals surface area (Å²) in [5, 5.41) is 5.89. The molecule has 2 aromatic rings. The van der Waals surface area contributed by atoms with Gasteiger partial charge in [0, 0.05) is 32.6 Å². The lowest BCUT2D eigenvalue weighted by molar-refractivity contribution is -0.157. The Bertz CT molecular complexity index is 920. The zero-order valence-electron chi connectivity index (χ0n) is 18.5. The highest BCUT2D eigenvalue weighted by molar-refractivity contribution is 6.05. The minimum absolute atomic E-state index is 0. The van der Waals surface area contributed by atoms with Crippen LogP contribution in [0.25, 0.3) is 0 Å². The van der Waals surface area contributed by atoms with E-state index in [9.17, 15) is 14.4 Å². The molecule has 3 N–H and O–H groups in total. The number of hydrogen-bond donors (Lipinski definition) is 3. The Morgan fingerprint density at radius 3 is 2.44 bits per heavy atom. The second kappa shape index (κ2) is 11.1. The van der Waals surface area contributed by atoms with E-state index in [-0.39, 0.29) is 36.1 Å². The fourth-order valence-corrected chi connectivity index (χ4v) is 3.30. The molecular weight excluding hydrogens is 434 g/mol. The Morgan fingerprint density at radius 1 is 1.16 bits per heavy atom. The highest BCUT2D eigenvalue weighted by Crippen LogP contribution is 2.13. The van der Waals surface area contributed by atoms with Crippen molar-refractivity contribution in [3.8, 4) is 0 Å². The number of H-pyrrole nitrogens is 1. The van der Waals surface area contributed by atoms with Crippen LogP contribution in [0, 0.1) is 0 Å². The van der Waals surface area contributed by atoms with Crippen LogP contribution in [0.5, 0.6) is 0 Å². The number of rotatable bonds is 6. The van der Waals surface area contributed by atoms with Gasteiger partial charge >= 0.3 is 5.97 Å². The van der Waals surface area contributed by atoms with Gasteiger partial charge in [0.05, 0.1) is 6.33 Å². The number of nitrogens with zero attached hydrogens (tertiary/aromatic N) is 2. The van der Waals surface area contributed by atoms with Crippen LogP contribution in [-0.4, -0.2) is 70.5 Å². The van der Waals surface area contributed by atoms with Crippen molar-refractivity contribution in [1.82, 2.24) is 25.5 Å². The molecule has 0 spiro atoms. The summed E-state index contributed by atoms with van der Waals surface area (Å²) in [4.78, 5) is 47.1. The topological polar surface area (TPSA) is 116 Å². The number of ether oxygens (including phenoxy) is 1. The summed E-state index contributed by atoms with van der Waals surface area (Å²) in [6.07, 6.45) is 1.57. The van der Waals surface area contributed by atoms with E-state index < -0.39 is 23.5 Å². The molecule has 0 bridgehead atoms. The molecule has 10 heteroatoms. The number of aromatic amines is 1. The molecule has 0 unspecified atom stereocenters. The van der Waals surface area contributed by atoms with Gasteiger partial charge in [-0.05, 0) is 26.3 Å². The molecule has 1 atom stereocenters. The molecule has 9 nitrogen and oxygen atoms in total. The summed E-state index contributed by atoms with van der Waals surface area (Å²) >= 11 is 0. The van der Waals surface area contributed by atoms with Crippen molar-refractivity contribution in [2.24, 2.45) is 0 Å². The summed E-state index contributed by atoms with van der Waals surface area (Å²) < 4.78 is 5.50. The second-order valence-corrected chi connectivity index (χ2v) is 8.42. The number of imidazole rings is 1. The van der Waals surface area contributed by atoms with Crippen LogP contribution in [0.1, 0.15) is 47.3 Å². The minimum Gasteiger partial charge on any atom is -0.458 e. The molecule has 1 fully saturated rings. The van der Waals surface area contributed by atoms with Gasteiger partial charge in [0.15, 0.2) is 5.69 Å². The zero-order chi connectivity index (χ0) is 22.4. The van der Waals surface area contributed by atoms with Crippen molar-refractivity contribution in [3.63, 3.8) is 0 Å². The van der Waals surface area contributed by atoms with E-state index in [4.69, 9.17) is 4.74 Å². The van der Waals surface area contributed by atoms with Crippen molar-refractivity contribution >= 4 is 30.2 Å². The van der Waals surface area contributed by atoms with Gasteiger partial charge in [-0.3, -0.25) is 9.59 Å². The van der Waals surface area contributed by atoms with Crippen LogP contribution in [0.2, 0.25) is 0 Å². The summed E-state index contributed by atoms with van der Waals surface area (Å²) in [6, 6.07) is 8.42. The molecule has 32 heavy (non-hydrogen) atoms. The number of carbonyl (C=O) groups excluding carboxylic acids is 3. The molecule has 2 amide bonds. The largest absolute Gasteiger partial charge is 0.458 e. The number of esters is 1. The average molecular weight is 464 g/mol. The lowest BCUT2D eigenvalue weighted by atomic mass is 10.1. The monoisotopic (exact) mass is 463 g/mol. The van der Waals surface area contributed by atoms with Gasteiger partial charge in [0.25, 0.3) is 11.8 Å². The number of aromatic nitrogens is 2. The Kier molecular flexibility index (Phi) is 8.80. The fourth-order valence-electron chi connectivity index (χ4n) is 3.30. The molecule has 1 saturated heterocycles. The second-order valence-electron chi connectivity index (χ2n) is 8.42.